The second kappa shape index (κ2) is 6.03. The Morgan fingerprint density at radius 2 is 2.15 bits per heavy atom. The number of hydrogen-bond acceptors (Lipinski definition) is 6. The SMILES string of the molecule is COc1ccc2nc(NC(=O)Cn3cnc4ccn(C)c(=O)c43)oc2c1. The molecule has 132 valence electrons. The molecule has 1 N–H and O–H groups in total. The molecule has 0 bridgehead atoms. The number of aryl methyl sites for hydroxylation is 1. The summed E-state index contributed by atoms with van der Waals surface area (Å²) in [6.07, 6.45) is 3.09. The zero-order valence-electron chi connectivity index (χ0n) is 14.1. The van der Waals surface area contributed by atoms with Gasteiger partial charge in [-0.1, -0.05) is 0 Å². The highest BCUT2D eigenvalue weighted by molar-refractivity contribution is 5.91. The minimum Gasteiger partial charge on any atom is -0.497 e. The van der Waals surface area contributed by atoms with Crippen molar-refractivity contribution in [1.82, 2.24) is 19.1 Å². The number of amides is 1. The first-order valence-corrected chi connectivity index (χ1v) is 7.80. The summed E-state index contributed by atoms with van der Waals surface area (Å²) in [7, 11) is 3.20. The molecule has 0 atom stereocenters. The van der Waals surface area contributed by atoms with Crippen LogP contribution in [0.15, 0.2) is 46.0 Å². The zero-order chi connectivity index (χ0) is 18.3. The van der Waals surface area contributed by atoms with Gasteiger partial charge < -0.3 is 18.3 Å². The molecule has 3 heterocycles. The maximum absolute atomic E-state index is 12.3. The Balaban J connectivity index is 1.58. The summed E-state index contributed by atoms with van der Waals surface area (Å²) in [6.45, 7) is -0.0855. The van der Waals surface area contributed by atoms with Gasteiger partial charge in [-0.3, -0.25) is 14.9 Å². The average molecular weight is 353 g/mol. The van der Waals surface area contributed by atoms with Crippen molar-refractivity contribution in [2.75, 3.05) is 12.4 Å². The normalized spacial score (nSPS) is 11.2. The molecule has 4 aromatic rings. The molecule has 9 nitrogen and oxygen atoms in total. The highest BCUT2D eigenvalue weighted by atomic mass is 16.5. The molecule has 0 aliphatic rings. The minimum atomic E-state index is -0.381. The van der Waals surface area contributed by atoms with Gasteiger partial charge in [0.05, 0.1) is 19.0 Å². The Hall–Kier alpha value is -3.62. The Bertz CT molecular complexity index is 1190. The summed E-state index contributed by atoms with van der Waals surface area (Å²) in [6, 6.07) is 6.98. The van der Waals surface area contributed by atoms with Crippen LogP contribution in [-0.4, -0.2) is 32.1 Å². The minimum absolute atomic E-state index is 0.0792. The first kappa shape index (κ1) is 15.9. The Labute approximate surface area is 146 Å². The molecule has 0 aliphatic carbocycles. The molecule has 4 rings (SSSR count). The molecule has 1 aromatic carbocycles. The number of benzene rings is 1. The molecule has 0 spiro atoms. The summed E-state index contributed by atoms with van der Waals surface area (Å²) < 4.78 is 13.6. The fourth-order valence-electron chi connectivity index (χ4n) is 2.69. The Morgan fingerprint density at radius 3 is 2.96 bits per heavy atom. The number of carbonyl (C=O) groups excluding carboxylic acids is 1. The monoisotopic (exact) mass is 353 g/mol. The predicted octanol–water partition coefficient (Wildman–Crippen LogP) is 1.52. The highest BCUT2D eigenvalue weighted by Crippen LogP contribution is 2.23. The second-order valence-corrected chi connectivity index (χ2v) is 5.74. The van der Waals surface area contributed by atoms with E-state index >= 15 is 0 Å². The van der Waals surface area contributed by atoms with Crippen LogP contribution < -0.4 is 15.6 Å². The van der Waals surface area contributed by atoms with Gasteiger partial charge in [0.25, 0.3) is 5.56 Å². The van der Waals surface area contributed by atoms with Crippen LogP contribution in [0.1, 0.15) is 0 Å². The maximum atomic E-state index is 12.3. The third-order valence-corrected chi connectivity index (χ3v) is 4.00. The van der Waals surface area contributed by atoms with Crippen molar-refractivity contribution in [1.29, 1.82) is 0 Å². The molecule has 0 radical (unpaired) electrons. The molecule has 0 saturated carbocycles. The van der Waals surface area contributed by atoms with Crippen LogP contribution in [0.4, 0.5) is 6.01 Å². The van der Waals surface area contributed by atoms with E-state index in [-0.39, 0.29) is 24.0 Å². The third kappa shape index (κ3) is 2.69. The van der Waals surface area contributed by atoms with Crippen molar-refractivity contribution in [3.63, 3.8) is 0 Å². The molecule has 0 unspecified atom stereocenters. The van der Waals surface area contributed by atoms with Gasteiger partial charge in [0, 0.05) is 19.3 Å². The fraction of sp³-hybridized carbons (Fsp3) is 0.176. The van der Waals surface area contributed by atoms with Gasteiger partial charge >= 0.3 is 6.01 Å². The van der Waals surface area contributed by atoms with Crippen molar-refractivity contribution in [3.8, 4) is 5.75 Å². The summed E-state index contributed by atoms with van der Waals surface area (Å²) in [5, 5.41) is 2.59. The number of hydrogen-bond donors (Lipinski definition) is 1. The maximum Gasteiger partial charge on any atom is 0.302 e. The van der Waals surface area contributed by atoms with Gasteiger partial charge in [0.15, 0.2) is 5.58 Å². The summed E-state index contributed by atoms with van der Waals surface area (Å²) >= 11 is 0. The third-order valence-electron chi connectivity index (χ3n) is 4.00. The Morgan fingerprint density at radius 1 is 1.31 bits per heavy atom. The van der Waals surface area contributed by atoms with E-state index in [9.17, 15) is 9.59 Å². The topological polar surface area (TPSA) is 104 Å². The summed E-state index contributed by atoms with van der Waals surface area (Å²) in [5.41, 5.74) is 1.79. The van der Waals surface area contributed by atoms with E-state index in [1.165, 1.54) is 15.5 Å². The van der Waals surface area contributed by atoms with E-state index in [0.29, 0.717) is 27.9 Å². The lowest BCUT2D eigenvalue weighted by Gasteiger charge is -2.04. The predicted molar refractivity (Wildman–Crippen MR) is 94.2 cm³/mol. The number of aromatic nitrogens is 4. The molecule has 9 heteroatoms. The smallest absolute Gasteiger partial charge is 0.302 e. The quantitative estimate of drug-likeness (QED) is 0.596. The van der Waals surface area contributed by atoms with E-state index in [1.807, 2.05) is 0 Å². The van der Waals surface area contributed by atoms with Crippen molar-refractivity contribution in [2.24, 2.45) is 7.05 Å². The fourth-order valence-corrected chi connectivity index (χ4v) is 2.69. The highest BCUT2D eigenvalue weighted by Gasteiger charge is 2.14. The van der Waals surface area contributed by atoms with Crippen LogP contribution in [-0.2, 0) is 18.4 Å². The summed E-state index contributed by atoms with van der Waals surface area (Å²) in [5.74, 6) is 0.251. The molecule has 0 saturated heterocycles. The van der Waals surface area contributed by atoms with Gasteiger partial charge in [-0.15, -0.1) is 0 Å². The number of ether oxygens (including phenoxy) is 1. The standard InChI is InChI=1S/C17H15N5O4/c1-21-6-5-12-15(16(21)24)22(9-18-12)8-14(23)20-17-19-11-4-3-10(25-2)7-13(11)26-17/h3-7,9H,8H2,1-2H3,(H,19,20,23). The van der Waals surface area contributed by atoms with Crippen LogP contribution >= 0.6 is 0 Å². The largest absolute Gasteiger partial charge is 0.497 e. The van der Waals surface area contributed by atoms with E-state index in [4.69, 9.17) is 9.15 Å². The lowest BCUT2D eigenvalue weighted by molar-refractivity contribution is -0.116. The van der Waals surface area contributed by atoms with Crippen LogP contribution in [0.2, 0.25) is 0 Å². The van der Waals surface area contributed by atoms with Gasteiger partial charge in [0.2, 0.25) is 5.91 Å². The van der Waals surface area contributed by atoms with Crippen LogP contribution in [0.3, 0.4) is 0 Å². The number of methoxy groups -OCH3 is 1. The number of carbonyl (C=O) groups is 1. The summed E-state index contributed by atoms with van der Waals surface area (Å²) in [4.78, 5) is 32.9. The van der Waals surface area contributed by atoms with Crippen LogP contribution in [0.25, 0.3) is 22.1 Å². The number of anilines is 1. The van der Waals surface area contributed by atoms with Gasteiger partial charge in [-0.25, -0.2) is 4.98 Å². The Kier molecular flexibility index (Phi) is 3.68. The van der Waals surface area contributed by atoms with Gasteiger partial charge in [-0.05, 0) is 18.2 Å². The molecule has 3 aromatic heterocycles. The number of nitrogens with one attached hydrogen (secondary N) is 1. The van der Waals surface area contributed by atoms with Crippen molar-refractivity contribution >= 4 is 34.1 Å². The second-order valence-electron chi connectivity index (χ2n) is 5.74. The van der Waals surface area contributed by atoms with E-state index in [0.717, 1.165) is 0 Å². The van der Waals surface area contributed by atoms with Crippen molar-refractivity contribution in [2.45, 2.75) is 6.54 Å². The van der Waals surface area contributed by atoms with Gasteiger partial charge in [-0.2, -0.15) is 4.98 Å². The van der Waals surface area contributed by atoms with Crippen molar-refractivity contribution in [3.05, 3.63) is 47.1 Å². The number of fused-ring (bicyclic) bond motifs is 2. The zero-order valence-corrected chi connectivity index (χ0v) is 14.1. The molecule has 0 aliphatic heterocycles. The number of pyridine rings is 1. The van der Waals surface area contributed by atoms with Crippen molar-refractivity contribution < 1.29 is 13.9 Å². The van der Waals surface area contributed by atoms with E-state index < -0.39 is 0 Å². The number of imidazole rings is 1. The average Bonchev–Trinajstić information content (AvgIpc) is 3.21. The van der Waals surface area contributed by atoms with E-state index in [1.54, 1.807) is 44.6 Å². The van der Waals surface area contributed by atoms with Gasteiger partial charge in [0.1, 0.15) is 23.3 Å². The molecular weight excluding hydrogens is 338 g/mol. The molecule has 1 amide bonds. The number of oxazole rings is 1. The van der Waals surface area contributed by atoms with E-state index in [2.05, 4.69) is 15.3 Å². The molecule has 0 fully saturated rings. The lowest BCUT2D eigenvalue weighted by atomic mass is 10.3. The molecular formula is C17H15N5O4. The first-order valence-electron chi connectivity index (χ1n) is 7.80. The first-order chi connectivity index (χ1) is 12.5. The number of nitrogens with zero attached hydrogens (tertiary/aromatic N) is 4. The number of rotatable bonds is 4. The van der Waals surface area contributed by atoms with Crippen LogP contribution in [0, 0.1) is 0 Å². The van der Waals surface area contributed by atoms with Crippen LogP contribution in [0.5, 0.6) is 5.75 Å². The molecule has 26 heavy (non-hydrogen) atoms. The lowest BCUT2D eigenvalue weighted by Crippen LogP contribution is -2.23.